The van der Waals surface area contributed by atoms with Crippen LogP contribution in [0.1, 0.15) is 63.5 Å². The van der Waals surface area contributed by atoms with Crippen LogP contribution in [-0.2, 0) is 20.6 Å². The van der Waals surface area contributed by atoms with Crippen molar-refractivity contribution in [1.29, 1.82) is 0 Å². The minimum Gasteiger partial charge on any atom is -0.356 e. The van der Waals surface area contributed by atoms with E-state index in [1.54, 1.807) is 4.31 Å². The second-order valence-corrected chi connectivity index (χ2v) is 9.99. The van der Waals surface area contributed by atoms with Gasteiger partial charge in [0.1, 0.15) is 0 Å². The van der Waals surface area contributed by atoms with Crippen LogP contribution < -0.4 is 5.32 Å². The number of aryl methyl sites for hydroxylation is 1. The summed E-state index contributed by atoms with van der Waals surface area (Å²) in [6, 6.07) is 7.60. The molecule has 1 heterocycles. The fourth-order valence-corrected chi connectivity index (χ4v) is 5.46. The van der Waals surface area contributed by atoms with Gasteiger partial charge < -0.3 is 5.32 Å². The minimum absolute atomic E-state index is 0.0339. The summed E-state index contributed by atoms with van der Waals surface area (Å²) in [6.45, 7) is 7.89. The summed E-state index contributed by atoms with van der Waals surface area (Å²) < 4.78 is 27.1. The van der Waals surface area contributed by atoms with Crippen molar-refractivity contribution >= 4 is 15.9 Å². The Morgan fingerprint density at radius 2 is 1.89 bits per heavy atom. The van der Waals surface area contributed by atoms with Crippen molar-refractivity contribution in [1.82, 2.24) is 9.62 Å². The lowest BCUT2D eigenvalue weighted by atomic mass is 9.95. The van der Waals surface area contributed by atoms with Crippen LogP contribution in [0.4, 0.5) is 0 Å². The van der Waals surface area contributed by atoms with E-state index in [1.807, 2.05) is 31.2 Å². The first kappa shape index (κ1) is 22.9. The van der Waals surface area contributed by atoms with E-state index < -0.39 is 10.0 Å². The number of nitrogens with zero attached hydrogens (tertiary/aromatic N) is 1. The zero-order valence-corrected chi connectivity index (χ0v) is 18.4. The average molecular weight is 409 g/mol. The van der Waals surface area contributed by atoms with Crippen molar-refractivity contribution in [2.45, 2.75) is 65.0 Å². The van der Waals surface area contributed by atoms with Gasteiger partial charge in [0, 0.05) is 25.6 Å². The molecule has 1 aromatic carbocycles. The van der Waals surface area contributed by atoms with Gasteiger partial charge in [-0.1, -0.05) is 57.4 Å². The van der Waals surface area contributed by atoms with Gasteiger partial charge in [-0.25, -0.2) is 12.7 Å². The molecule has 2 rings (SSSR count). The van der Waals surface area contributed by atoms with Gasteiger partial charge in [-0.15, -0.1) is 0 Å². The molecule has 1 amide bonds. The van der Waals surface area contributed by atoms with Crippen LogP contribution in [0.3, 0.4) is 0 Å². The third kappa shape index (κ3) is 6.59. The second kappa shape index (κ2) is 11.0. The average Bonchev–Trinajstić information content (AvgIpc) is 2.69. The van der Waals surface area contributed by atoms with E-state index in [2.05, 4.69) is 19.2 Å². The van der Waals surface area contributed by atoms with E-state index in [0.717, 1.165) is 30.5 Å². The highest BCUT2D eigenvalue weighted by Crippen LogP contribution is 2.23. The van der Waals surface area contributed by atoms with E-state index in [9.17, 15) is 13.2 Å². The molecule has 158 valence electrons. The van der Waals surface area contributed by atoms with Gasteiger partial charge in [0.25, 0.3) is 0 Å². The quantitative estimate of drug-likeness (QED) is 0.639. The number of hydrogen-bond acceptors (Lipinski definition) is 3. The third-order valence-electron chi connectivity index (χ3n) is 5.93. The topological polar surface area (TPSA) is 66.5 Å². The number of benzene rings is 1. The summed E-state index contributed by atoms with van der Waals surface area (Å²) >= 11 is 0. The van der Waals surface area contributed by atoms with Crippen molar-refractivity contribution in [3.8, 4) is 0 Å². The van der Waals surface area contributed by atoms with E-state index in [0.29, 0.717) is 31.8 Å². The second-order valence-electron chi connectivity index (χ2n) is 8.02. The molecule has 0 bridgehead atoms. The van der Waals surface area contributed by atoms with Crippen molar-refractivity contribution in [2.24, 2.45) is 11.8 Å². The van der Waals surface area contributed by atoms with Gasteiger partial charge in [-0.3, -0.25) is 4.79 Å². The standard InChI is InChI=1S/C22H36N2O3S/c1-4-6-10-19(5-2)16-23-22(25)20-12-14-24(15-13-20)28(26,27)17-21-11-8-7-9-18(21)3/h7-9,11,19-20H,4-6,10,12-17H2,1-3H3,(H,23,25)/t19-/m1/s1. The number of carbonyl (C=O) groups excluding carboxylic acids is 1. The molecule has 1 atom stereocenters. The van der Waals surface area contributed by atoms with Gasteiger partial charge in [-0.05, 0) is 43.2 Å². The summed E-state index contributed by atoms with van der Waals surface area (Å²) in [5.41, 5.74) is 1.84. The molecule has 1 aliphatic heterocycles. The van der Waals surface area contributed by atoms with Crippen molar-refractivity contribution in [3.63, 3.8) is 0 Å². The van der Waals surface area contributed by atoms with E-state index in [4.69, 9.17) is 0 Å². The smallest absolute Gasteiger partial charge is 0.223 e. The molecule has 1 aromatic rings. The number of nitrogens with one attached hydrogen (secondary N) is 1. The fourth-order valence-electron chi connectivity index (χ4n) is 3.79. The largest absolute Gasteiger partial charge is 0.356 e. The molecular weight excluding hydrogens is 372 g/mol. The number of amides is 1. The molecule has 0 aliphatic carbocycles. The number of sulfonamides is 1. The maximum Gasteiger partial charge on any atom is 0.223 e. The van der Waals surface area contributed by atoms with Crippen LogP contribution in [0.15, 0.2) is 24.3 Å². The molecular formula is C22H36N2O3S. The van der Waals surface area contributed by atoms with E-state index in [-0.39, 0.29) is 17.6 Å². The van der Waals surface area contributed by atoms with Crippen molar-refractivity contribution in [3.05, 3.63) is 35.4 Å². The Kier molecular flexibility index (Phi) is 8.96. The Balaban J connectivity index is 1.82. The van der Waals surface area contributed by atoms with Crippen LogP contribution >= 0.6 is 0 Å². The highest BCUT2D eigenvalue weighted by molar-refractivity contribution is 7.88. The Morgan fingerprint density at radius 3 is 2.50 bits per heavy atom. The van der Waals surface area contributed by atoms with Gasteiger partial charge >= 0.3 is 0 Å². The summed E-state index contributed by atoms with van der Waals surface area (Å²) in [4.78, 5) is 12.5. The van der Waals surface area contributed by atoms with Gasteiger partial charge in [0.15, 0.2) is 0 Å². The molecule has 0 unspecified atom stereocenters. The number of hydrogen-bond donors (Lipinski definition) is 1. The zero-order chi connectivity index (χ0) is 20.6. The molecule has 0 aromatic heterocycles. The predicted molar refractivity (Wildman–Crippen MR) is 114 cm³/mol. The normalized spacial score (nSPS) is 17.4. The monoisotopic (exact) mass is 408 g/mol. The highest BCUT2D eigenvalue weighted by Gasteiger charge is 2.31. The molecule has 1 aliphatic rings. The Hall–Kier alpha value is -1.40. The first-order valence-electron chi connectivity index (χ1n) is 10.7. The van der Waals surface area contributed by atoms with Crippen molar-refractivity contribution < 1.29 is 13.2 Å². The number of rotatable bonds is 10. The number of unbranched alkanes of at least 4 members (excludes halogenated alkanes) is 1. The molecule has 5 nitrogen and oxygen atoms in total. The predicted octanol–water partition coefficient (Wildman–Crippen LogP) is 3.87. The maximum atomic E-state index is 12.8. The maximum absolute atomic E-state index is 12.8. The molecule has 1 fully saturated rings. The van der Waals surface area contributed by atoms with E-state index >= 15 is 0 Å². The van der Waals surface area contributed by atoms with Crippen molar-refractivity contribution in [2.75, 3.05) is 19.6 Å². The Labute approximate surface area is 170 Å². The summed E-state index contributed by atoms with van der Waals surface area (Å²) in [6.07, 6.45) is 5.82. The molecule has 0 spiro atoms. The summed E-state index contributed by atoms with van der Waals surface area (Å²) in [5.74, 6) is 0.588. The lowest BCUT2D eigenvalue weighted by Gasteiger charge is -2.31. The molecule has 1 N–H and O–H groups in total. The molecule has 0 saturated carbocycles. The first-order chi connectivity index (χ1) is 13.4. The van der Waals surface area contributed by atoms with Crippen LogP contribution in [-0.4, -0.2) is 38.3 Å². The van der Waals surface area contributed by atoms with Gasteiger partial charge in [-0.2, -0.15) is 0 Å². The Bertz CT molecular complexity index is 725. The fraction of sp³-hybridized carbons (Fsp3) is 0.682. The van der Waals surface area contributed by atoms with Gasteiger partial charge in [0.05, 0.1) is 5.75 Å². The van der Waals surface area contributed by atoms with Crippen LogP contribution in [0.2, 0.25) is 0 Å². The lowest BCUT2D eigenvalue weighted by molar-refractivity contribution is -0.126. The third-order valence-corrected chi connectivity index (χ3v) is 7.75. The molecule has 28 heavy (non-hydrogen) atoms. The van der Waals surface area contributed by atoms with E-state index in [1.165, 1.54) is 12.8 Å². The minimum atomic E-state index is -3.35. The number of carbonyl (C=O) groups is 1. The zero-order valence-electron chi connectivity index (χ0n) is 17.6. The number of piperidine rings is 1. The summed E-state index contributed by atoms with van der Waals surface area (Å²) in [7, 11) is -3.35. The summed E-state index contributed by atoms with van der Waals surface area (Å²) in [5, 5.41) is 3.11. The highest BCUT2D eigenvalue weighted by atomic mass is 32.2. The van der Waals surface area contributed by atoms with Crippen LogP contribution in [0, 0.1) is 18.8 Å². The Morgan fingerprint density at radius 1 is 1.21 bits per heavy atom. The SMILES string of the molecule is CCCC[C@@H](CC)CNC(=O)C1CCN(S(=O)(=O)Cc2ccccc2C)CC1. The molecule has 6 heteroatoms. The van der Waals surface area contributed by atoms with Crippen LogP contribution in [0.5, 0.6) is 0 Å². The lowest BCUT2D eigenvalue weighted by Crippen LogP contribution is -2.44. The van der Waals surface area contributed by atoms with Gasteiger partial charge in [0.2, 0.25) is 15.9 Å². The first-order valence-corrected chi connectivity index (χ1v) is 12.3. The molecule has 1 saturated heterocycles. The molecule has 0 radical (unpaired) electrons. The van der Waals surface area contributed by atoms with Crippen LogP contribution in [0.25, 0.3) is 0 Å².